The second-order valence-electron chi connectivity index (χ2n) is 6.46. The summed E-state index contributed by atoms with van der Waals surface area (Å²) < 4.78 is 8.46. The van der Waals surface area contributed by atoms with E-state index < -0.39 is 0 Å². The van der Waals surface area contributed by atoms with Crippen molar-refractivity contribution in [2.24, 2.45) is 13.0 Å². The molecule has 1 aliphatic rings. The number of fused-ring (bicyclic) bond motifs is 1. The topological polar surface area (TPSA) is 81.7 Å². The first-order chi connectivity index (χ1) is 11.6. The van der Waals surface area contributed by atoms with E-state index >= 15 is 0 Å². The van der Waals surface area contributed by atoms with Gasteiger partial charge in [0, 0.05) is 26.5 Å². The minimum Gasteiger partial charge on any atom is -0.449 e. The predicted octanol–water partition coefficient (Wildman–Crippen LogP) is 1.58. The van der Waals surface area contributed by atoms with Crippen LogP contribution in [-0.4, -0.2) is 43.8 Å². The summed E-state index contributed by atoms with van der Waals surface area (Å²) in [5.41, 5.74) is 0.0257. The number of rotatable bonds is 4. The van der Waals surface area contributed by atoms with E-state index in [2.05, 4.69) is 10.2 Å². The molecule has 0 unspecified atom stereocenters. The Morgan fingerprint density at radius 1 is 1.29 bits per heavy atom. The van der Waals surface area contributed by atoms with Crippen LogP contribution >= 0.6 is 0 Å². The van der Waals surface area contributed by atoms with Gasteiger partial charge in [0.2, 0.25) is 5.65 Å². The average molecular weight is 333 g/mol. The number of aromatic nitrogens is 4. The third-order valence-electron chi connectivity index (χ3n) is 4.57. The Morgan fingerprint density at radius 3 is 2.79 bits per heavy atom. The molecule has 0 atom stereocenters. The number of hydrogen-bond acceptors (Lipinski definition) is 5. The quantitative estimate of drug-likeness (QED) is 0.848. The van der Waals surface area contributed by atoms with Crippen LogP contribution in [0.25, 0.3) is 5.65 Å². The Balaban J connectivity index is 1.61. The normalized spacial score (nSPS) is 15.6. The SMILES string of the molecule is CN(Cc1nnc2c(=O)n(C)ccn12)C(=O)OCC1CCCCC1. The number of ether oxygens (including phenoxy) is 1. The van der Waals surface area contributed by atoms with Crippen molar-refractivity contribution in [1.29, 1.82) is 0 Å². The molecule has 0 radical (unpaired) electrons. The molecule has 0 bridgehead atoms. The Hall–Kier alpha value is -2.38. The van der Waals surface area contributed by atoms with Crippen LogP contribution < -0.4 is 5.56 Å². The Morgan fingerprint density at radius 2 is 2.04 bits per heavy atom. The molecule has 2 heterocycles. The molecule has 0 aromatic carbocycles. The predicted molar refractivity (Wildman–Crippen MR) is 87.6 cm³/mol. The van der Waals surface area contributed by atoms with Crippen molar-refractivity contribution in [3.8, 4) is 0 Å². The first kappa shape index (κ1) is 16.5. The van der Waals surface area contributed by atoms with E-state index in [0.29, 0.717) is 18.3 Å². The molecule has 3 rings (SSSR count). The summed E-state index contributed by atoms with van der Waals surface area (Å²) in [4.78, 5) is 25.6. The summed E-state index contributed by atoms with van der Waals surface area (Å²) in [6.45, 7) is 0.710. The highest BCUT2D eigenvalue weighted by Gasteiger charge is 2.19. The molecule has 1 fully saturated rings. The van der Waals surface area contributed by atoms with E-state index in [9.17, 15) is 9.59 Å². The van der Waals surface area contributed by atoms with E-state index in [0.717, 1.165) is 12.8 Å². The molecule has 24 heavy (non-hydrogen) atoms. The van der Waals surface area contributed by atoms with Crippen molar-refractivity contribution in [3.05, 3.63) is 28.6 Å². The molecule has 8 heteroatoms. The molecule has 0 N–H and O–H groups in total. The highest BCUT2D eigenvalue weighted by Crippen LogP contribution is 2.23. The molecule has 0 saturated heterocycles. The third kappa shape index (κ3) is 3.42. The Labute approximate surface area is 140 Å². The van der Waals surface area contributed by atoms with Crippen LogP contribution in [-0.2, 0) is 18.3 Å². The van der Waals surface area contributed by atoms with Crippen molar-refractivity contribution < 1.29 is 9.53 Å². The molecular formula is C16H23N5O3. The lowest BCUT2D eigenvalue weighted by Crippen LogP contribution is -2.30. The molecule has 130 valence electrons. The van der Waals surface area contributed by atoms with Crippen LogP contribution in [0, 0.1) is 5.92 Å². The highest BCUT2D eigenvalue weighted by molar-refractivity contribution is 5.67. The first-order valence-electron chi connectivity index (χ1n) is 8.33. The highest BCUT2D eigenvalue weighted by atomic mass is 16.6. The van der Waals surface area contributed by atoms with E-state index in [1.807, 2.05) is 0 Å². The van der Waals surface area contributed by atoms with E-state index in [4.69, 9.17) is 4.74 Å². The molecule has 1 amide bonds. The average Bonchev–Trinajstić information content (AvgIpc) is 3.00. The number of amides is 1. The lowest BCUT2D eigenvalue weighted by Gasteiger charge is -2.23. The van der Waals surface area contributed by atoms with Gasteiger partial charge < -0.3 is 14.2 Å². The summed E-state index contributed by atoms with van der Waals surface area (Å²) in [6, 6.07) is 0. The standard InChI is InChI=1S/C16H23N5O3/c1-19-8-9-21-13(17-18-14(21)15(19)22)10-20(2)16(23)24-11-12-6-4-3-5-7-12/h8-9,12H,3-7,10-11H2,1-2H3. The van der Waals surface area contributed by atoms with Gasteiger partial charge in [-0.15, -0.1) is 10.2 Å². The zero-order valence-corrected chi connectivity index (χ0v) is 14.1. The first-order valence-corrected chi connectivity index (χ1v) is 8.33. The maximum Gasteiger partial charge on any atom is 0.409 e. The van der Waals surface area contributed by atoms with Crippen molar-refractivity contribution in [3.63, 3.8) is 0 Å². The maximum atomic E-state index is 12.1. The van der Waals surface area contributed by atoms with Gasteiger partial charge in [0.05, 0.1) is 13.2 Å². The van der Waals surface area contributed by atoms with Crippen molar-refractivity contribution >= 4 is 11.7 Å². The summed E-state index contributed by atoms with van der Waals surface area (Å²) in [5, 5.41) is 7.93. The van der Waals surface area contributed by atoms with Gasteiger partial charge in [-0.05, 0) is 18.8 Å². The van der Waals surface area contributed by atoms with Crippen molar-refractivity contribution in [2.45, 2.75) is 38.6 Å². The van der Waals surface area contributed by atoms with Gasteiger partial charge in [0.15, 0.2) is 5.82 Å². The number of carbonyl (C=O) groups excluding carboxylic acids is 1. The minimum atomic E-state index is -0.374. The van der Waals surface area contributed by atoms with Crippen LogP contribution in [0.2, 0.25) is 0 Å². The Kier molecular flexibility index (Phi) is 4.82. The van der Waals surface area contributed by atoms with Gasteiger partial charge in [0.1, 0.15) is 0 Å². The van der Waals surface area contributed by atoms with Gasteiger partial charge >= 0.3 is 6.09 Å². The monoisotopic (exact) mass is 333 g/mol. The molecule has 0 spiro atoms. The molecule has 2 aromatic rings. The fourth-order valence-corrected chi connectivity index (χ4v) is 3.06. The molecular weight excluding hydrogens is 310 g/mol. The second kappa shape index (κ2) is 7.02. The van der Waals surface area contributed by atoms with E-state index in [-0.39, 0.29) is 23.8 Å². The summed E-state index contributed by atoms with van der Waals surface area (Å²) in [7, 11) is 3.32. The number of nitrogens with zero attached hydrogens (tertiary/aromatic N) is 5. The van der Waals surface area contributed by atoms with Gasteiger partial charge in [0.25, 0.3) is 5.56 Å². The maximum absolute atomic E-state index is 12.1. The van der Waals surface area contributed by atoms with Crippen LogP contribution in [0.1, 0.15) is 37.9 Å². The van der Waals surface area contributed by atoms with Gasteiger partial charge in [-0.3, -0.25) is 9.20 Å². The Bertz CT molecular complexity index is 776. The third-order valence-corrected chi connectivity index (χ3v) is 4.57. The van der Waals surface area contributed by atoms with Crippen LogP contribution in [0.3, 0.4) is 0 Å². The number of hydrogen-bond donors (Lipinski definition) is 0. The molecule has 8 nitrogen and oxygen atoms in total. The zero-order valence-electron chi connectivity index (χ0n) is 14.1. The van der Waals surface area contributed by atoms with Gasteiger partial charge in [-0.1, -0.05) is 19.3 Å². The lowest BCUT2D eigenvalue weighted by atomic mass is 9.90. The van der Waals surface area contributed by atoms with Crippen molar-refractivity contribution in [1.82, 2.24) is 24.1 Å². The van der Waals surface area contributed by atoms with Crippen molar-refractivity contribution in [2.75, 3.05) is 13.7 Å². The number of carbonyl (C=O) groups is 1. The van der Waals surface area contributed by atoms with E-state index in [1.165, 1.54) is 28.7 Å². The summed E-state index contributed by atoms with van der Waals surface area (Å²) in [6.07, 6.45) is 8.98. The minimum absolute atomic E-state index is 0.223. The fraction of sp³-hybridized carbons (Fsp3) is 0.625. The molecule has 1 aliphatic carbocycles. The largest absolute Gasteiger partial charge is 0.449 e. The zero-order chi connectivity index (χ0) is 17.1. The summed E-state index contributed by atoms with van der Waals surface area (Å²) >= 11 is 0. The fourth-order valence-electron chi connectivity index (χ4n) is 3.06. The van der Waals surface area contributed by atoms with Crippen LogP contribution in [0.15, 0.2) is 17.2 Å². The van der Waals surface area contributed by atoms with Crippen LogP contribution in [0.4, 0.5) is 4.79 Å². The summed E-state index contributed by atoms with van der Waals surface area (Å²) in [5.74, 6) is 1.01. The smallest absolute Gasteiger partial charge is 0.409 e. The lowest BCUT2D eigenvalue weighted by molar-refractivity contribution is 0.0848. The molecule has 1 saturated carbocycles. The van der Waals surface area contributed by atoms with E-state index in [1.54, 1.807) is 30.9 Å². The number of aryl methyl sites for hydroxylation is 1. The molecule has 2 aromatic heterocycles. The molecule has 0 aliphatic heterocycles. The van der Waals surface area contributed by atoms with Crippen LogP contribution in [0.5, 0.6) is 0 Å². The second-order valence-corrected chi connectivity index (χ2v) is 6.46. The van der Waals surface area contributed by atoms with Gasteiger partial charge in [-0.2, -0.15) is 0 Å². The van der Waals surface area contributed by atoms with Gasteiger partial charge in [-0.25, -0.2) is 4.79 Å².